The van der Waals surface area contributed by atoms with E-state index in [4.69, 9.17) is 9.84 Å². The van der Waals surface area contributed by atoms with Gasteiger partial charge in [-0.25, -0.2) is 4.79 Å². The van der Waals surface area contributed by atoms with Crippen molar-refractivity contribution in [1.29, 1.82) is 0 Å². The van der Waals surface area contributed by atoms with Gasteiger partial charge in [-0.15, -0.1) is 0 Å². The second-order valence-electron chi connectivity index (χ2n) is 4.69. The molecule has 0 aromatic rings. The molecular formula is C11H19N3O4. The first-order valence-corrected chi connectivity index (χ1v) is 6.24. The van der Waals surface area contributed by atoms with Crippen LogP contribution in [0.25, 0.3) is 0 Å². The Hall–Kier alpha value is -1.34. The Balaban J connectivity index is 1.64. The van der Waals surface area contributed by atoms with Crippen LogP contribution in [0.3, 0.4) is 0 Å². The van der Waals surface area contributed by atoms with Crippen LogP contribution in [0.4, 0.5) is 4.79 Å². The van der Waals surface area contributed by atoms with Gasteiger partial charge in [-0.05, 0) is 0 Å². The molecule has 0 spiro atoms. The summed E-state index contributed by atoms with van der Waals surface area (Å²) in [6.45, 7) is 5.50. The minimum Gasteiger partial charge on any atom is -0.481 e. The topological polar surface area (TPSA) is 82.1 Å². The van der Waals surface area contributed by atoms with Crippen LogP contribution in [-0.2, 0) is 9.53 Å². The summed E-state index contributed by atoms with van der Waals surface area (Å²) in [5.41, 5.74) is 0. The number of alkyl carbamates (subject to hydrolysis) is 1. The molecule has 0 aromatic heterocycles. The number of hydrogen-bond donors (Lipinski definition) is 2. The molecule has 2 aliphatic rings. The van der Waals surface area contributed by atoms with Gasteiger partial charge < -0.3 is 20.1 Å². The number of carbonyl (C=O) groups excluding carboxylic acids is 1. The molecule has 0 bridgehead atoms. The predicted octanol–water partition coefficient (Wildman–Crippen LogP) is -0.813. The molecule has 0 aliphatic carbocycles. The number of cyclic esters (lactones) is 1. The van der Waals surface area contributed by atoms with Crippen LogP contribution in [0.1, 0.15) is 6.42 Å². The van der Waals surface area contributed by atoms with Gasteiger partial charge in [-0.2, -0.15) is 0 Å². The number of carbonyl (C=O) groups is 2. The van der Waals surface area contributed by atoms with Crippen molar-refractivity contribution in [2.24, 2.45) is 0 Å². The molecule has 7 nitrogen and oxygen atoms in total. The van der Waals surface area contributed by atoms with E-state index in [1.54, 1.807) is 0 Å². The van der Waals surface area contributed by atoms with E-state index in [0.717, 1.165) is 32.7 Å². The minimum absolute atomic E-state index is 0.0527. The number of nitrogens with one attached hydrogen (secondary N) is 1. The average molecular weight is 257 g/mol. The van der Waals surface area contributed by atoms with E-state index in [1.165, 1.54) is 0 Å². The largest absolute Gasteiger partial charge is 0.481 e. The summed E-state index contributed by atoms with van der Waals surface area (Å²) in [5.74, 6) is -0.749. The van der Waals surface area contributed by atoms with E-state index in [1.807, 2.05) is 0 Å². The molecule has 2 saturated heterocycles. The molecule has 2 rings (SSSR count). The van der Waals surface area contributed by atoms with Gasteiger partial charge in [0.2, 0.25) is 0 Å². The lowest BCUT2D eigenvalue weighted by atomic mass is 10.2. The molecular weight excluding hydrogens is 238 g/mol. The summed E-state index contributed by atoms with van der Waals surface area (Å²) in [5, 5.41) is 11.3. The number of carboxylic acid groups (broad SMARTS) is 1. The number of carboxylic acids is 1. The molecule has 1 atom stereocenters. The van der Waals surface area contributed by atoms with Crippen molar-refractivity contribution in [2.75, 3.05) is 45.8 Å². The third-order valence-corrected chi connectivity index (χ3v) is 3.32. The number of aliphatic carboxylic acids is 1. The Labute approximate surface area is 106 Å². The Morgan fingerprint density at radius 2 is 2.00 bits per heavy atom. The predicted molar refractivity (Wildman–Crippen MR) is 63.4 cm³/mol. The highest BCUT2D eigenvalue weighted by molar-refractivity contribution is 5.69. The first-order valence-electron chi connectivity index (χ1n) is 6.24. The minimum atomic E-state index is -0.749. The zero-order valence-electron chi connectivity index (χ0n) is 10.3. The molecule has 1 amide bonds. The van der Waals surface area contributed by atoms with Gasteiger partial charge in [0.25, 0.3) is 0 Å². The third kappa shape index (κ3) is 3.85. The maximum atomic E-state index is 10.9. The maximum Gasteiger partial charge on any atom is 0.407 e. The van der Waals surface area contributed by atoms with Crippen molar-refractivity contribution in [1.82, 2.24) is 15.1 Å². The molecule has 2 fully saturated rings. The Morgan fingerprint density at radius 3 is 2.56 bits per heavy atom. The number of nitrogens with zero attached hydrogens (tertiary/aromatic N) is 2. The lowest BCUT2D eigenvalue weighted by Gasteiger charge is -2.35. The van der Waals surface area contributed by atoms with Crippen LogP contribution in [-0.4, -0.2) is 78.9 Å². The smallest absolute Gasteiger partial charge is 0.407 e. The highest BCUT2D eigenvalue weighted by atomic mass is 16.6. The van der Waals surface area contributed by atoms with E-state index < -0.39 is 5.97 Å². The van der Waals surface area contributed by atoms with Crippen molar-refractivity contribution >= 4 is 12.1 Å². The van der Waals surface area contributed by atoms with Gasteiger partial charge >= 0.3 is 12.1 Å². The van der Waals surface area contributed by atoms with Crippen LogP contribution < -0.4 is 5.32 Å². The van der Waals surface area contributed by atoms with Crippen LogP contribution in [0, 0.1) is 0 Å². The van der Waals surface area contributed by atoms with Gasteiger partial charge in [-0.1, -0.05) is 0 Å². The monoisotopic (exact) mass is 257 g/mol. The number of piperazine rings is 1. The fourth-order valence-corrected chi connectivity index (χ4v) is 2.27. The van der Waals surface area contributed by atoms with Crippen LogP contribution in [0.5, 0.6) is 0 Å². The summed E-state index contributed by atoms with van der Waals surface area (Å²) in [7, 11) is 0. The zero-order chi connectivity index (χ0) is 13.0. The fourth-order valence-electron chi connectivity index (χ4n) is 2.27. The van der Waals surface area contributed by atoms with E-state index in [-0.39, 0.29) is 18.6 Å². The van der Waals surface area contributed by atoms with Crippen molar-refractivity contribution in [3.63, 3.8) is 0 Å². The van der Waals surface area contributed by atoms with Crippen LogP contribution in [0.15, 0.2) is 0 Å². The maximum absolute atomic E-state index is 10.9. The van der Waals surface area contributed by atoms with E-state index >= 15 is 0 Å². The van der Waals surface area contributed by atoms with Gasteiger partial charge in [-0.3, -0.25) is 9.69 Å². The average Bonchev–Trinajstić information content (AvgIpc) is 2.74. The standard InChI is InChI=1S/C11H19N3O4/c15-10(16)1-2-13-3-5-14(6-4-13)8-9-7-12-11(17)18-9/h9H,1-8H2,(H,12,17)(H,15,16). The number of hydrogen-bond acceptors (Lipinski definition) is 5. The summed E-state index contributed by atoms with van der Waals surface area (Å²) < 4.78 is 5.09. The van der Waals surface area contributed by atoms with Crippen molar-refractivity contribution in [2.45, 2.75) is 12.5 Å². The molecule has 0 radical (unpaired) electrons. The van der Waals surface area contributed by atoms with Gasteiger partial charge in [0.05, 0.1) is 13.0 Å². The molecule has 2 heterocycles. The molecule has 2 N–H and O–H groups in total. The second kappa shape index (κ2) is 6.01. The highest BCUT2D eigenvalue weighted by Gasteiger charge is 2.26. The molecule has 0 saturated carbocycles. The number of amides is 1. The molecule has 102 valence electrons. The molecule has 7 heteroatoms. The quantitative estimate of drug-likeness (QED) is 0.670. The highest BCUT2D eigenvalue weighted by Crippen LogP contribution is 2.07. The first-order chi connectivity index (χ1) is 8.63. The van der Waals surface area contributed by atoms with Crippen LogP contribution in [0.2, 0.25) is 0 Å². The lowest BCUT2D eigenvalue weighted by molar-refractivity contribution is -0.137. The third-order valence-electron chi connectivity index (χ3n) is 3.32. The molecule has 1 unspecified atom stereocenters. The normalized spacial score (nSPS) is 25.8. The van der Waals surface area contributed by atoms with Gasteiger partial charge in [0, 0.05) is 39.3 Å². The molecule has 18 heavy (non-hydrogen) atoms. The number of rotatable bonds is 5. The van der Waals surface area contributed by atoms with E-state index in [2.05, 4.69) is 15.1 Å². The Kier molecular flexibility index (Phi) is 4.38. The summed E-state index contributed by atoms with van der Waals surface area (Å²) in [6, 6.07) is 0. The zero-order valence-corrected chi connectivity index (χ0v) is 10.3. The lowest BCUT2D eigenvalue weighted by Crippen LogP contribution is -2.49. The van der Waals surface area contributed by atoms with Crippen molar-refractivity contribution in [3.05, 3.63) is 0 Å². The summed E-state index contributed by atoms with van der Waals surface area (Å²) in [6.07, 6.45) is -0.187. The Bertz CT molecular complexity index is 315. The van der Waals surface area contributed by atoms with E-state index in [0.29, 0.717) is 13.1 Å². The fraction of sp³-hybridized carbons (Fsp3) is 0.818. The summed E-state index contributed by atoms with van der Waals surface area (Å²) >= 11 is 0. The van der Waals surface area contributed by atoms with E-state index in [9.17, 15) is 9.59 Å². The van der Waals surface area contributed by atoms with Crippen molar-refractivity contribution in [3.8, 4) is 0 Å². The summed E-state index contributed by atoms with van der Waals surface area (Å²) in [4.78, 5) is 25.8. The Morgan fingerprint density at radius 1 is 1.33 bits per heavy atom. The molecule has 2 aliphatic heterocycles. The number of ether oxygens (including phenoxy) is 1. The second-order valence-corrected chi connectivity index (χ2v) is 4.69. The van der Waals surface area contributed by atoms with Crippen molar-refractivity contribution < 1.29 is 19.4 Å². The SMILES string of the molecule is O=C(O)CCN1CCN(CC2CNC(=O)O2)CC1. The van der Waals surface area contributed by atoms with Gasteiger partial charge in [0.15, 0.2) is 0 Å². The van der Waals surface area contributed by atoms with Crippen LogP contribution >= 0.6 is 0 Å². The molecule has 0 aromatic carbocycles. The van der Waals surface area contributed by atoms with Gasteiger partial charge in [0.1, 0.15) is 6.10 Å². The first kappa shape index (κ1) is 13.1.